The van der Waals surface area contributed by atoms with E-state index in [-0.39, 0.29) is 11.8 Å². The number of hydrogen-bond donors (Lipinski definition) is 1. The van der Waals surface area contributed by atoms with Crippen LogP contribution in [-0.4, -0.2) is 42.0 Å². The van der Waals surface area contributed by atoms with Crippen molar-refractivity contribution in [3.8, 4) is 0 Å². The Hall–Kier alpha value is -0.280. The summed E-state index contributed by atoms with van der Waals surface area (Å²) >= 11 is 5.34. The summed E-state index contributed by atoms with van der Waals surface area (Å²) in [5, 5.41) is 7.00. The van der Waals surface area contributed by atoms with Crippen LogP contribution in [0, 0.1) is 0 Å². The lowest BCUT2D eigenvalue weighted by molar-refractivity contribution is -0.127. The minimum absolute atomic E-state index is 0.0779. The van der Waals surface area contributed by atoms with Gasteiger partial charge in [-0.05, 0) is 12.8 Å². The van der Waals surface area contributed by atoms with E-state index in [2.05, 4.69) is 0 Å². The highest BCUT2D eigenvalue weighted by Gasteiger charge is 2.15. The lowest BCUT2D eigenvalue weighted by Crippen LogP contribution is -2.28. The molecular weight excluding hydrogens is 166 g/mol. The monoisotopic (exact) mass is 179 g/mol. The lowest BCUT2D eigenvalue weighted by Gasteiger charge is -2.11. The number of rotatable bonds is 1. The molecule has 66 valence electrons. The first-order valence-corrected chi connectivity index (χ1v) is 4.16. The molecule has 0 spiro atoms. The number of amides is 1. The van der Waals surface area contributed by atoms with Crippen LogP contribution in [0.15, 0.2) is 0 Å². The van der Waals surface area contributed by atoms with Crippen molar-refractivity contribution in [1.82, 2.24) is 4.90 Å². The van der Waals surface area contributed by atoms with E-state index in [9.17, 15) is 4.79 Å². The van der Waals surface area contributed by atoms with Gasteiger partial charge in [-0.2, -0.15) is 0 Å². The topological polar surface area (TPSA) is 40.5 Å². The summed E-state index contributed by atoms with van der Waals surface area (Å²) in [7, 11) is 1.00. The van der Waals surface area contributed by atoms with Crippen molar-refractivity contribution in [2.24, 2.45) is 0 Å². The van der Waals surface area contributed by atoms with E-state index in [0.717, 1.165) is 33.0 Å². The Bertz CT molecular complexity index is 113. The highest BCUT2D eigenvalue weighted by atomic mass is 35.5. The van der Waals surface area contributed by atoms with Crippen molar-refractivity contribution < 1.29 is 9.90 Å². The predicted octanol–water partition coefficient (Wildman–Crippen LogP) is 0.456. The van der Waals surface area contributed by atoms with E-state index in [1.54, 1.807) is 0 Å². The van der Waals surface area contributed by atoms with Crippen molar-refractivity contribution in [1.29, 1.82) is 0 Å². The summed E-state index contributed by atoms with van der Waals surface area (Å²) in [4.78, 5) is 12.6. The van der Waals surface area contributed by atoms with Gasteiger partial charge in [0.15, 0.2) is 0 Å². The van der Waals surface area contributed by atoms with Crippen LogP contribution in [0.25, 0.3) is 0 Å². The first kappa shape index (κ1) is 10.7. The van der Waals surface area contributed by atoms with Gasteiger partial charge in [-0.15, -0.1) is 11.6 Å². The second-order valence-corrected chi connectivity index (χ2v) is 2.49. The highest BCUT2D eigenvalue weighted by molar-refractivity contribution is 6.27. The zero-order valence-corrected chi connectivity index (χ0v) is 7.47. The molecule has 0 aromatic heterocycles. The van der Waals surface area contributed by atoms with Gasteiger partial charge < -0.3 is 10.0 Å². The van der Waals surface area contributed by atoms with Crippen LogP contribution < -0.4 is 0 Å². The smallest absolute Gasteiger partial charge is 0.237 e. The number of aliphatic hydroxyl groups is 1. The van der Waals surface area contributed by atoms with Gasteiger partial charge in [-0.25, -0.2) is 0 Å². The molecule has 1 aliphatic rings. The minimum Gasteiger partial charge on any atom is -0.400 e. The molecule has 1 saturated heterocycles. The molecule has 0 aromatic rings. The van der Waals surface area contributed by atoms with Gasteiger partial charge in [0.1, 0.15) is 5.88 Å². The van der Waals surface area contributed by atoms with Crippen LogP contribution in [0.5, 0.6) is 0 Å². The number of nitrogens with zero attached hydrogens (tertiary/aromatic N) is 1. The molecule has 0 unspecified atom stereocenters. The Morgan fingerprint density at radius 3 is 2.27 bits per heavy atom. The maximum absolute atomic E-state index is 10.8. The summed E-state index contributed by atoms with van der Waals surface area (Å²) in [5.74, 6) is 0.217. The standard InChI is InChI=1S/C6H10ClNO.CH4O/c7-5-6(9)8-3-1-2-4-8;1-2/h1-5H2;2H,1H3. The van der Waals surface area contributed by atoms with Gasteiger partial charge >= 0.3 is 0 Å². The molecule has 0 bridgehead atoms. The number of aliphatic hydroxyl groups excluding tert-OH is 1. The number of hydrogen-bond acceptors (Lipinski definition) is 2. The van der Waals surface area contributed by atoms with E-state index in [0.29, 0.717) is 0 Å². The van der Waals surface area contributed by atoms with Crippen LogP contribution >= 0.6 is 11.6 Å². The van der Waals surface area contributed by atoms with Gasteiger partial charge in [-0.3, -0.25) is 4.79 Å². The third kappa shape index (κ3) is 3.58. The fraction of sp³-hybridized carbons (Fsp3) is 0.857. The molecule has 1 rings (SSSR count). The third-order valence-corrected chi connectivity index (χ3v) is 1.80. The fourth-order valence-electron chi connectivity index (χ4n) is 1.05. The number of carbonyl (C=O) groups is 1. The van der Waals surface area contributed by atoms with E-state index in [4.69, 9.17) is 16.7 Å². The zero-order valence-electron chi connectivity index (χ0n) is 6.72. The zero-order chi connectivity index (χ0) is 8.69. The summed E-state index contributed by atoms with van der Waals surface area (Å²) in [6.07, 6.45) is 2.28. The van der Waals surface area contributed by atoms with Gasteiger partial charge in [0, 0.05) is 20.2 Å². The molecule has 0 radical (unpaired) electrons. The van der Waals surface area contributed by atoms with E-state index in [1.807, 2.05) is 4.90 Å². The Morgan fingerprint density at radius 1 is 1.45 bits per heavy atom. The average Bonchev–Trinajstić information content (AvgIpc) is 2.59. The molecule has 0 aliphatic carbocycles. The van der Waals surface area contributed by atoms with Crippen molar-refractivity contribution in [2.75, 3.05) is 26.1 Å². The van der Waals surface area contributed by atoms with E-state index in [1.165, 1.54) is 0 Å². The van der Waals surface area contributed by atoms with E-state index < -0.39 is 0 Å². The quantitative estimate of drug-likeness (QED) is 0.594. The molecule has 0 saturated carbocycles. The molecule has 1 aliphatic heterocycles. The summed E-state index contributed by atoms with van der Waals surface area (Å²) in [6.45, 7) is 1.82. The van der Waals surface area contributed by atoms with Crippen LogP contribution in [0.2, 0.25) is 0 Å². The summed E-state index contributed by atoms with van der Waals surface area (Å²) in [5.41, 5.74) is 0. The Labute approximate surface area is 71.9 Å². The molecule has 1 amide bonds. The lowest BCUT2D eigenvalue weighted by atomic mass is 10.4. The number of alkyl halides is 1. The first-order chi connectivity index (χ1) is 5.34. The second-order valence-electron chi connectivity index (χ2n) is 2.22. The largest absolute Gasteiger partial charge is 0.400 e. The van der Waals surface area contributed by atoms with E-state index >= 15 is 0 Å². The number of likely N-dealkylation sites (tertiary alicyclic amines) is 1. The third-order valence-electron chi connectivity index (χ3n) is 1.57. The predicted molar refractivity (Wildman–Crippen MR) is 44.7 cm³/mol. The number of halogens is 1. The van der Waals surface area contributed by atoms with Gasteiger partial charge in [0.05, 0.1) is 0 Å². The second kappa shape index (κ2) is 6.43. The summed E-state index contributed by atoms with van der Waals surface area (Å²) in [6, 6.07) is 0. The van der Waals surface area contributed by atoms with Crippen LogP contribution in [-0.2, 0) is 4.79 Å². The first-order valence-electron chi connectivity index (χ1n) is 3.63. The van der Waals surface area contributed by atoms with Crippen LogP contribution in [0.3, 0.4) is 0 Å². The molecule has 1 N–H and O–H groups in total. The molecule has 0 atom stereocenters. The van der Waals surface area contributed by atoms with Crippen molar-refractivity contribution in [2.45, 2.75) is 12.8 Å². The molecule has 11 heavy (non-hydrogen) atoms. The SMILES string of the molecule is CO.O=C(CCl)N1CCCC1. The van der Waals surface area contributed by atoms with Crippen molar-refractivity contribution in [3.05, 3.63) is 0 Å². The van der Waals surface area contributed by atoms with Crippen molar-refractivity contribution >= 4 is 17.5 Å². The maximum atomic E-state index is 10.8. The normalized spacial score (nSPS) is 15.7. The Balaban J connectivity index is 0.000000461. The Morgan fingerprint density at radius 2 is 1.91 bits per heavy atom. The molecule has 1 fully saturated rings. The molecule has 1 heterocycles. The highest BCUT2D eigenvalue weighted by Crippen LogP contribution is 2.07. The Kier molecular flexibility index (Phi) is 6.27. The fourth-order valence-corrected chi connectivity index (χ4v) is 1.22. The molecule has 3 nitrogen and oxygen atoms in total. The van der Waals surface area contributed by atoms with Gasteiger partial charge in [0.2, 0.25) is 5.91 Å². The average molecular weight is 180 g/mol. The summed E-state index contributed by atoms with van der Waals surface area (Å²) < 4.78 is 0. The molecular formula is C7H14ClNO2. The van der Waals surface area contributed by atoms with Crippen LogP contribution in [0.1, 0.15) is 12.8 Å². The molecule has 4 heteroatoms. The number of carbonyl (C=O) groups excluding carboxylic acids is 1. The van der Waals surface area contributed by atoms with Gasteiger partial charge in [-0.1, -0.05) is 0 Å². The molecule has 0 aromatic carbocycles. The maximum Gasteiger partial charge on any atom is 0.237 e. The van der Waals surface area contributed by atoms with Gasteiger partial charge in [0.25, 0.3) is 0 Å². The van der Waals surface area contributed by atoms with Crippen LogP contribution in [0.4, 0.5) is 0 Å². The van der Waals surface area contributed by atoms with Crippen molar-refractivity contribution in [3.63, 3.8) is 0 Å². The minimum atomic E-state index is 0.0779.